The van der Waals surface area contributed by atoms with Gasteiger partial charge in [-0.15, -0.1) is 0 Å². The van der Waals surface area contributed by atoms with Crippen molar-refractivity contribution in [3.63, 3.8) is 0 Å². The van der Waals surface area contributed by atoms with Crippen LogP contribution in [0.2, 0.25) is 0 Å². The van der Waals surface area contributed by atoms with Gasteiger partial charge < -0.3 is 10.6 Å². The van der Waals surface area contributed by atoms with Gasteiger partial charge in [0, 0.05) is 6.04 Å². The number of carbonyl (C=O) groups is 3. The van der Waals surface area contributed by atoms with Crippen molar-refractivity contribution in [3.8, 4) is 0 Å². The molecule has 0 bridgehead atoms. The van der Waals surface area contributed by atoms with E-state index in [2.05, 4.69) is 10.6 Å². The molecule has 0 radical (unpaired) electrons. The number of nitrogens with one attached hydrogen (secondary N) is 2. The van der Waals surface area contributed by atoms with Gasteiger partial charge in [-0.3, -0.25) is 14.5 Å². The summed E-state index contributed by atoms with van der Waals surface area (Å²) in [4.78, 5) is 38.8. The standard InChI is InChI=1S/C20H30F3N3O3/c1-12-8-18(2,3)11-19(9-12)16(28)26(17(29)25-19)10-15(27)24-14-7-5-4-6-13(14)20(21,22)23/h12-14H,4-11H2,1-3H3,(H,24,27)(H,25,29). The minimum Gasteiger partial charge on any atom is -0.351 e. The molecule has 4 amide bonds. The fraction of sp³-hybridized carbons (Fsp3) is 0.850. The molecule has 3 aliphatic rings. The summed E-state index contributed by atoms with van der Waals surface area (Å²) in [5, 5.41) is 5.20. The molecular formula is C20H30F3N3O3. The lowest BCUT2D eigenvalue weighted by molar-refractivity contribution is -0.189. The summed E-state index contributed by atoms with van der Waals surface area (Å²) >= 11 is 0. The van der Waals surface area contributed by atoms with Crippen LogP contribution in [0.15, 0.2) is 0 Å². The molecule has 0 aromatic rings. The number of urea groups is 1. The van der Waals surface area contributed by atoms with Gasteiger partial charge in [-0.05, 0) is 43.4 Å². The summed E-state index contributed by atoms with van der Waals surface area (Å²) in [6.45, 7) is 5.55. The smallest absolute Gasteiger partial charge is 0.351 e. The van der Waals surface area contributed by atoms with Crippen LogP contribution in [0.3, 0.4) is 0 Å². The SMILES string of the molecule is CC1CC(C)(C)CC2(C1)NC(=O)N(CC(=O)NC1CCCCC1C(F)(F)F)C2=O. The monoisotopic (exact) mass is 417 g/mol. The van der Waals surface area contributed by atoms with E-state index in [-0.39, 0.29) is 24.2 Å². The average molecular weight is 417 g/mol. The second-order valence-electron chi connectivity index (χ2n) is 9.86. The van der Waals surface area contributed by atoms with Crippen molar-refractivity contribution in [1.29, 1.82) is 0 Å². The summed E-state index contributed by atoms with van der Waals surface area (Å²) in [5.74, 6) is -2.54. The summed E-state index contributed by atoms with van der Waals surface area (Å²) < 4.78 is 39.7. The molecule has 1 aliphatic heterocycles. The predicted molar refractivity (Wildman–Crippen MR) is 99.7 cm³/mol. The topological polar surface area (TPSA) is 78.5 Å². The molecule has 3 rings (SSSR count). The van der Waals surface area contributed by atoms with Crippen LogP contribution in [0.4, 0.5) is 18.0 Å². The summed E-state index contributed by atoms with van der Waals surface area (Å²) in [6.07, 6.45) is -1.17. The Morgan fingerprint density at radius 1 is 1.21 bits per heavy atom. The van der Waals surface area contributed by atoms with Gasteiger partial charge in [-0.1, -0.05) is 33.6 Å². The Kier molecular flexibility index (Phi) is 5.64. The molecule has 1 saturated heterocycles. The van der Waals surface area contributed by atoms with Gasteiger partial charge in [0.15, 0.2) is 0 Å². The van der Waals surface area contributed by atoms with Crippen molar-refractivity contribution >= 4 is 17.8 Å². The molecule has 2 aliphatic carbocycles. The predicted octanol–water partition coefficient (Wildman–Crippen LogP) is 3.36. The third-order valence-electron chi connectivity index (χ3n) is 6.46. The fourth-order valence-corrected chi connectivity index (χ4v) is 5.74. The van der Waals surface area contributed by atoms with Gasteiger partial charge in [0.2, 0.25) is 5.91 Å². The third kappa shape index (κ3) is 4.53. The van der Waals surface area contributed by atoms with Crippen LogP contribution in [0.1, 0.15) is 65.7 Å². The fourth-order valence-electron chi connectivity index (χ4n) is 5.74. The zero-order valence-corrected chi connectivity index (χ0v) is 17.2. The zero-order valence-electron chi connectivity index (χ0n) is 17.2. The van der Waals surface area contributed by atoms with E-state index in [0.29, 0.717) is 25.7 Å². The number of imide groups is 1. The number of rotatable bonds is 3. The molecule has 9 heteroatoms. The molecular weight excluding hydrogens is 387 g/mol. The first kappa shape index (κ1) is 21.9. The number of hydrogen-bond acceptors (Lipinski definition) is 3. The normalized spacial score (nSPS) is 35.0. The Labute approximate surface area is 168 Å². The number of alkyl halides is 3. The van der Waals surface area contributed by atoms with Gasteiger partial charge >= 0.3 is 12.2 Å². The van der Waals surface area contributed by atoms with Crippen LogP contribution in [-0.2, 0) is 9.59 Å². The van der Waals surface area contributed by atoms with Crippen molar-refractivity contribution in [3.05, 3.63) is 0 Å². The second-order valence-corrected chi connectivity index (χ2v) is 9.86. The van der Waals surface area contributed by atoms with Crippen molar-refractivity contribution in [2.45, 2.75) is 83.5 Å². The number of carbonyl (C=O) groups excluding carboxylic acids is 3. The molecule has 29 heavy (non-hydrogen) atoms. The molecule has 4 unspecified atom stereocenters. The number of halogens is 3. The molecule has 164 valence electrons. The van der Waals surface area contributed by atoms with E-state index in [4.69, 9.17) is 0 Å². The van der Waals surface area contributed by atoms with Crippen LogP contribution in [0, 0.1) is 17.3 Å². The maximum atomic E-state index is 13.2. The van der Waals surface area contributed by atoms with E-state index in [1.807, 2.05) is 20.8 Å². The van der Waals surface area contributed by atoms with Crippen LogP contribution >= 0.6 is 0 Å². The first-order valence-electron chi connectivity index (χ1n) is 10.3. The molecule has 6 nitrogen and oxygen atoms in total. The maximum Gasteiger partial charge on any atom is 0.393 e. The van der Waals surface area contributed by atoms with E-state index < -0.39 is 48.1 Å². The Balaban J connectivity index is 1.68. The van der Waals surface area contributed by atoms with Gasteiger partial charge in [0.05, 0.1) is 5.92 Å². The first-order chi connectivity index (χ1) is 13.3. The van der Waals surface area contributed by atoms with Crippen LogP contribution in [0.5, 0.6) is 0 Å². The highest BCUT2D eigenvalue weighted by Crippen LogP contribution is 2.46. The average Bonchev–Trinajstić information content (AvgIpc) is 2.76. The number of nitrogens with zero attached hydrogens (tertiary/aromatic N) is 1. The molecule has 0 aromatic heterocycles. The van der Waals surface area contributed by atoms with E-state index in [1.165, 1.54) is 0 Å². The summed E-state index contributed by atoms with van der Waals surface area (Å²) in [6, 6.07) is -1.66. The van der Waals surface area contributed by atoms with E-state index >= 15 is 0 Å². The first-order valence-corrected chi connectivity index (χ1v) is 10.3. The highest BCUT2D eigenvalue weighted by Gasteiger charge is 2.56. The molecule has 1 spiro atoms. The summed E-state index contributed by atoms with van der Waals surface area (Å²) in [7, 11) is 0. The van der Waals surface area contributed by atoms with Gasteiger partial charge in [0.25, 0.3) is 5.91 Å². The van der Waals surface area contributed by atoms with Crippen molar-refractivity contribution < 1.29 is 27.6 Å². The van der Waals surface area contributed by atoms with E-state index in [1.54, 1.807) is 0 Å². The van der Waals surface area contributed by atoms with E-state index in [0.717, 1.165) is 11.3 Å². The molecule has 4 atom stereocenters. The summed E-state index contributed by atoms with van der Waals surface area (Å²) in [5.41, 5.74) is -1.17. The highest BCUT2D eigenvalue weighted by atomic mass is 19.4. The molecule has 2 saturated carbocycles. The van der Waals surface area contributed by atoms with Crippen molar-refractivity contribution in [2.24, 2.45) is 17.3 Å². The van der Waals surface area contributed by atoms with Gasteiger partial charge in [-0.25, -0.2) is 4.79 Å². The third-order valence-corrected chi connectivity index (χ3v) is 6.46. The number of hydrogen-bond donors (Lipinski definition) is 2. The van der Waals surface area contributed by atoms with E-state index in [9.17, 15) is 27.6 Å². The second kappa shape index (κ2) is 7.47. The Bertz CT molecular complexity index is 694. The van der Waals surface area contributed by atoms with Crippen molar-refractivity contribution in [2.75, 3.05) is 6.54 Å². The molecule has 0 aromatic carbocycles. The van der Waals surface area contributed by atoms with Crippen LogP contribution in [-0.4, -0.2) is 47.0 Å². The molecule has 3 fully saturated rings. The largest absolute Gasteiger partial charge is 0.393 e. The maximum absolute atomic E-state index is 13.2. The number of amides is 4. The minimum absolute atomic E-state index is 0.0202. The minimum atomic E-state index is -4.38. The Morgan fingerprint density at radius 3 is 2.48 bits per heavy atom. The zero-order chi connectivity index (χ0) is 21.6. The Hall–Kier alpha value is -1.80. The van der Waals surface area contributed by atoms with Gasteiger partial charge in [-0.2, -0.15) is 13.2 Å². The molecule has 1 heterocycles. The molecule has 2 N–H and O–H groups in total. The van der Waals surface area contributed by atoms with Crippen LogP contribution in [0.25, 0.3) is 0 Å². The highest BCUT2D eigenvalue weighted by molar-refractivity contribution is 6.09. The van der Waals surface area contributed by atoms with Crippen molar-refractivity contribution in [1.82, 2.24) is 15.5 Å². The Morgan fingerprint density at radius 2 is 1.86 bits per heavy atom. The van der Waals surface area contributed by atoms with Gasteiger partial charge in [0.1, 0.15) is 12.1 Å². The lowest BCUT2D eigenvalue weighted by Crippen LogP contribution is -2.54. The quantitative estimate of drug-likeness (QED) is 0.691. The van der Waals surface area contributed by atoms with Crippen LogP contribution < -0.4 is 10.6 Å². The lowest BCUT2D eigenvalue weighted by Gasteiger charge is -2.43. The lowest BCUT2D eigenvalue weighted by atomic mass is 9.64.